The molecule has 98 valence electrons. The van der Waals surface area contributed by atoms with Crippen molar-refractivity contribution in [2.24, 2.45) is 0 Å². The number of aryl methyl sites for hydroxylation is 1. The van der Waals surface area contributed by atoms with Gasteiger partial charge in [0.1, 0.15) is 11.5 Å². The molecule has 0 fully saturated rings. The van der Waals surface area contributed by atoms with Crippen LogP contribution in [-0.4, -0.2) is 15.6 Å². The number of carbonyl (C=O) groups is 1. The van der Waals surface area contributed by atoms with Crippen molar-refractivity contribution in [2.45, 2.75) is 13.5 Å². The minimum Gasteiger partial charge on any atom is -0.287 e. The molecule has 0 atom stereocenters. The summed E-state index contributed by atoms with van der Waals surface area (Å²) >= 11 is 3.31. The van der Waals surface area contributed by atoms with E-state index in [-0.39, 0.29) is 11.6 Å². The molecule has 2 aromatic rings. The van der Waals surface area contributed by atoms with Gasteiger partial charge in [-0.1, -0.05) is 18.2 Å². The number of aromatic nitrogens is 2. The number of carbonyl (C=O) groups excluding carboxylic acids is 1. The molecule has 0 N–H and O–H groups in total. The molecular weight excluding hydrogens is 311 g/mol. The van der Waals surface area contributed by atoms with Crippen molar-refractivity contribution in [3.63, 3.8) is 0 Å². The molecule has 5 heteroatoms. The van der Waals surface area contributed by atoms with Gasteiger partial charge in [-0.05, 0) is 46.6 Å². The predicted octanol–water partition coefficient (Wildman–Crippen LogP) is 3.70. The van der Waals surface area contributed by atoms with E-state index < -0.39 is 0 Å². The summed E-state index contributed by atoms with van der Waals surface area (Å²) < 4.78 is 15.1. The van der Waals surface area contributed by atoms with Gasteiger partial charge in [-0.2, -0.15) is 5.10 Å². The summed E-state index contributed by atoms with van der Waals surface area (Å²) in [4.78, 5) is 12.0. The third-order valence-corrected chi connectivity index (χ3v) is 3.15. The summed E-state index contributed by atoms with van der Waals surface area (Å²) in [5, 5.41) is 4.16. The SMILES string of the molecule is CCn1cc(Br)c(C(=O)/C=C/c2ccc(F)cc2)n1. The molecule has 0 aliphatic carbocycles. The molecule has 0 amide bonds. The van der Waals surface area contributed by atoms with E-state index in [1.165, 1.54) is 18.2 Å². The zero-order valence-corrected chi connectivity index (χ0v) is 11.9. The third kappa shape index (κ3) is 3.38. The highest BCUT2D eigenvalue weighted by atomic mass is 79.9. The van der Waals surface area contributed by atoms with Crippen LogP contribution in [0.4, 0.5) is 4.39 Å². The molecule has 2 rings (SSSR count). The molecule has 0 aliphatic rings. The molecule has 1 aromatic heterocycles. The second-order valence-electron chi connectivity index (χ2n) is 3.93. The standard InChI is InChI=1S/C14H12BrFN2O/c1-2-18-9-12(15)14(17-18)13(19)8-5-10-3-6-11(16)7-4-10/h3-9H,2H2,1H3/b8-5+. The number of hydrogen-bond donors (Lipinski definition) is 0. The highest BCUT2D eigenvalue weighted by Gasteiger charge is 2.11. The Labute approximate surface area is 118 Å². The quantitative estimate of drug-likeness (QED) is 0.635. The van der Waals surface area contributed by atoms with Crippen molar-refractivity contribution in [1.29, 1.82) is 0 Å². The lowest BCUT2D eigenvalue weighted by molar-refractivity contribution is 0.104. The van der Waals surface area contributed by atoms with Crippen molar-refractivity contribution in [3.05, 3.63) is 58.1 Å². The topological polar surface area (TPSA) is 34.9 Å². The zero-order valence-electron chi connectivity index (χ0n) is 10.3. The Morgan fingerprint density at radius 2 is 2.11 bits per heavy atom. The van der Waals surface area contributed by atoms with E-state index in [1.807, 2.05) is 6.92 Å². The van der Waals surface area contributed by atoms with Crippen LogP contribution < -0.4 is 0 Å². The first-order valence-corrected chi connectivity index (χ1v) is 6.60. The van der Waals surface area contributed by atoms with Crippen LogP contribution in [-0.2, 0) is 6.54 Å². The largest absolute Gasteiger partial charge is 0.287 e. The third-order valence-electron chi connectivity index (χ3n) is 2.57. The van der Waals surface area contributed by atoms with Crippen LogP contribution in [0.3, 0.4) is 0 Å². The average Bonchev–Trinajstić information content (AvgIpc) is 2.79. The van der Waals surface area contributed by atoms with Crippen molar-refractivity contribution >= 4 is 27.8 Å². The van der Waals surface area contributed by atoms with E-state index in [9.17, 15) is 9.18 Å². The van der Waals surface area contributed by atoms with Gasteiger partial charge in [-0.3, -0.25) is 9.48 Å². The van der Waals surface area contributed by atoms with Crippen LogP contribution in [0.2, 0.25) is 0 Å². The first-order valence-electron chi connectivity index (χ1n) is 5.81. The Kier molecular flexibility index (Phi) is 4.27. The van der Waals surface area contributed by atoms with Crippen molar-refractivity contribution < 1.29 is 9.18 Å². The summed E-state index contributed by atoms with van der Waals surface area (Å²) in [7, 11) is 0. The van der Waals surface area contributed by atoms with Crippen LogP contribution in [0.1, 0.15) is 23.0 Å². The van der Waals surface area contributed by atoms with E-state index in [2.05, 4.69) is 21.0 Å². The molecule has 3 nitrogen and oxygen atoms in total. The number of nitrogens with zero attached hydrogens (tertiary/aromatic N) is 2. The summed E-state index contributed by atoms with van der Waals surface area (Å²) in [6.45, 7) is 2.65. The average molecular weight is 323 g/mol. The van der Waals surface area contributed by atoms with Crippen LogP contribution in [0, 0.1) is 5.82 Å². The molecule has 0 unspecified atom stereocenters. The van der Waals surface area contributed by atoms with Crippen LogP contribution in [0.5, 0.6) is 0 Å². The number of hydrogen-bond acceptors (Lipinski definition) is 2. The van der Waals surface area contributed by atoms with Gasteiger partial charge in [0, 0.05) is 12.7 Å². The fraction of sp³-hybridized carbons (Fsp3) is 0.143. The molecular formula is C14H12BrFN2O. The highest BCUT2D eigenvalue weighted by molar-refractivity contribution is 9.10. The molecule has 1 heterocycles. The van der Waals surface area contributed by atoms with Crippen LogP contribution in [0.25, 0.3) is 6.08 Å². The lowest BCUT2D eigenvalue weighted by Gasteiger charge is -1.94. The summed E-state index contributed by atoms with van der Waals surface area (Å²) in [5.41, 5.74) is 1.14. The minimum absolute atomic E-state index is 0.191. The van der Waals surface area contributed by atoms with Gasteiger partial charge in [-0.15, -0.1) is 0 Å². The summed E-state index contributed by atoms with van der Waals surface area (Å²) in [6.07, 6.45) is 4.83. The molecule has 19 heavy (non-hydrogen) atoms. The smallest absolute Gasteiger partial charge is 0.207 e. The number of ketones is 1. The van der Waals surface area contributed by atoms with Gasteiger partial charge < -0.3 is 0 Å². The van der Waals surface area contributed by atoms with E-state index in [0.717, 1.165) is 5.56 Å². The monoisotopic (exact) mass is 322 g/mol. The van der Waals surface area contributed by atoms with Gasteiger partial charge in [-0.25, -0.2) is 4.39 Å². The fourth-order valence-corrected chi connectivity index (χ4v) is 2.06. The lowest BCUT2D eigenvalue weighted by Crippen LogP contribution is -2.00. The Bertz CT molecular complexity index is 617. The summed E-state index contributed by atoms with van der Waals surface area (Å²) in [5.74, 6) is -0.490. The van der Waals surface area contributed by atoms with Crippen molar-refractivity contribution in [2.75, 3.05) is 0 Å². The normalized spacial score (nSPS) is 11.1. The maximum atomic E-state index is 12.7. The molecule has 0 bridgehead atoms. The van der Waals surface area contributed by atoms with Crippen molar-refractivity contribution in [3.8, 4) is 0 Å². The molecule has 0 saturated carbocycles. The maximum absolute atomic E-state index is 12.7. The molecule has 0 spiro atoms. The molecule has 1 aromatic carbocycles. The maximum Gasteiger partial charge on any atom is 0.207 e. The fourth-order valence-electron chi connectivity index (χ4n) is 1.55. The zero-order chi connectivity index (χ0) is 13.8. The Morgan fingerprint density at radius 1 is 1.42 bits per heavy atom. The van der Waals surface area contributed by atoms with E-state index in [1.54, 1.807) is 29.1 Å². The molecule has 0 saturated heterocycles. The van der Waals surface area contributed by atoms with Crippen molar-refractivity contribution in [1.82, 2.24) is 9.78 Å². The van der Waals surface area contributed by atoms with Crippen LogP contribution >= 0.6 is 15.9 Å². The number of allylic oxidation sites excluding steroid dienone is 1. The van der Waals surface area contributed by atoms with Crippen LogP contribution in [0.15, 0.2) is 41.0 Å². The van der Waals surface area contributed by atoms with Gasteiger partial charge in [0.15, 0.2) is 0 Å². The Balaban J connectivity index is 2.16. The lowest BCUT2D eigenvalue weighted by atomic mass is 10.2. The minimum atomic E-state index is -0.298. The van der Waals surface area contributed by atoms with E-state index >= 15 is 0 Å². The van der Waals surface area contributed by atoms with Gasteiger partial charge in [0.2, 0.25) is 5.78 Å². The first kappa shape index (κ1) is 13.7. The molecule has 0 radical (unpaired) electrons. The van der Waals surface area contributed by atoms with Gasteiger partial charge in [0.25, 0.3) is 0 Å². The van der Waals surface area contributed by atoms with Gasteiger partial charge >= 0.3 is 0 Å². The van der Waals surface area contributed by atoms with E-state index in [0.29, 0.717) is 16.7 Å². The number of benzene rings is 1. The number of rotatable bonds is 4. The summed E-state index contributed by atoms with van der Waals surface area (Å²) in [6, 6.07) is 5.93. The second kappa shape index (κ2) is 5.93. The highest BCUT2D eigenvalue weighted by Crippen LogP contribution is 2.16. The first-order chi connectivity index (χ1) is 9.10. The Hall–Kier alpha value is -1.75. The second-order valence-corrected chi connectivity index (χ2v) is 4.78. The van der Waals surface area contributed by atoms with E-state index in [4.69, 9.17) is 0 Å². The number of halogens is 2. The Morgan fingerprint density at radius 3 is 2.68 bits per heavy atom. The predicted molar refractivity (Wildman–Crippen MR) is 75.4 cm³/mol. The van der Waals surface area contributed by atoms with Gasteiger partial charge in [0.05, 0.1) is 4.47 Å². The molecule has 0 aliphatic heterocycles.